The Morgan fingerprint density at radius 1 is 0.905 bits per heavy atom. The molecule has 0 atom stereocenters. The average molecular weight is 284 g/mol. The van der Waals surface area contributed by atoms with Crippen molar-refractivity contribution in [2.45, 2.75) is 0 Å². The van der Waals surface area contributed by atoms with Gasteiger partial charge in [0.15, 0.2) is 0 Å². The summed E-state index contributed by atoms with van der Waals surface area (Å²) in [5.41, 5.74) is 0.862. The third-order valence-electron chi connectivity index (χ3n) is 2.78. The Kier molecular flexibility index (Phi) is 4.99. The van der Waals surface area contributed by atoms with Crippen LogP contribution in [0.2, 0.25) is 0 Å². The first-order valence-corrected chi connectivity index (χ1v) is 6.39. The van der Waals surface area contributed by atoms with Crippen LogP contribution >= 0.6 is 0 Å². The van der Waals surface area contributed by atoms with Gasteiger partial charge in [-0.2, -0.15) is 0 Å². The molecule has 0 aliphatic heterocycles. The minimum absolute atomic E-state index is 0.442. The number of esters is 1. The lowest BCUT2D eigenvalue weighted by atomic mass is 10.2. The molecule has 0 heterocycles. The molecule has 0 aromatic heterocycles. The number of methoxy groups -OCH3 is 2. The lowest BCUT2D eigenvalue weighted by molar-refractivity contribution is -0.128. The van der Waals surface area contributed by atoms with Gasteiger partial charge in [0.05, 0.1) is 14.2 Å². The van der Waals surface area contributed by atoms with Crippen LogP contribution in [0.5, 0.6) is 17.2 Å². The summed E-state index contributed by atoms with van der Waals surface area (Å²) in [6, 6.07) is 14.2. The number of carbonyl (C=O) groups excluding carboxylic acids is 1. The number of ether oxygens (including phenoxy) is 3. The van der Waals surface area contributed by atoms with Crippen LogP contribution in [0.15, 0.2) is 54.6 Å². The second-order valence-electron chi connectivity index (χ2n) is 4.21. The van der Waals surface area contributed by atoms with Crippen molar-refractivity contribution < 1.29 is 19.0 Å². The Labute approximate surface area is 123 Å². The van der Waals surface area contributed by atoms with Crippen LogP contribution in [0.1, 0.15) is 5.56 Å². The summed E-state index contributed by atoms with van der Waals surface area (Å²) in [6.07, 6.45) is 3.05. The molecule has 0 bridgehead atoms. The summed E-state index contributed by atoms with van der Waals surface area (Å²) < 4.78 is 15.3. The number of hydrogen-bond donors (Lipinski definition) is 0. The predicted octanol–water partition coefficient (Wildman–Crippen LogP) is 3.32. The number of hydrogen-bond acceptors (Lipinski definition) is 4. The molecule has 4 nitrogen and oxygen atoms in total. The fourth-order valence-electron chi connectivity index (χ4n) is 1.70. The van der Waals surface area contributed by atoms with Crippen molar-refractivity contribution in [1.82, 2.24) is 0 Å². The quantitative estimate of drug-likeness (QED) is 0.480. The van der Waals surface area contributed by atoms with Crippen LogP contribution in [0.25, 0.3) is 6.08 Å². The van der Waals surface area contributed by atoms with E-state index in [4.69, 9.17) is 14.2 Å². The van der Waals surface area contributed by atoms with Gasteiger partial charge < -0.3 is 14.2 Å². The zero-order chi connectivity index (χ0) is 15.1. The molecule has 0 aliphatic rings. The zero-order valence-corrected chi connectivity index (χ0v) is 11.9. The molecule has 0 N–H and O–H groups in total. The fraction of sp³-hybridized carbons (Fsp3) is 0.118. The molecule has 0 radical (unpaired) electrons. The summed E-state index contributed by atoms with van der Waals surface area (Å²) in [6.45, 7) is 0. The van der Waals surface area contributed by atoms with Crippen LogP contribution in [0.4, 0.5) is 0 Å². The Balaban J connectivity index is 1.98. The highest BCUT2D eigenvalue weighted by atomic mass is 16.5. The van der Waals surface area contributed by atoms with E-state index in [1.165, 1.54) is 6.08 Å². The van der Waals surface area contributed by atoms with Gasteiger partial charge in [-0.15, -0.1) is 0 Å². The second-order valence-corrected chi connectivity index (χ2v) is 4.21. The van der Waals surface area contributed by atoms with E-state index in [0.717, 1.165) is 11.3 Å². The van der Waals surface area contributed by atoms with Crippen molar-refractivity contribution in [2.24, 2.45) is 0 Å². The highest BCUT2D eigenvalue weighted by molar-refractivity contribution is 5.88. The van der Waals surface area contributed by atoms with Crippen molar-refractivity contribution in [1.29, 1.82) is 0 Å². The summed E-state index contributed by atoms with van der Waals surface area (Å²) in [4.78, 5) is 11.7. The zero-order valence-electron chi connectivity index (χ0n) is 11.9. The van der Waals surface area contributed by atoms with Gasteiger partial charge in [-0.25, -0.2) is 4.79 Å². The molecule has 0 spiro atoms. The molecule has 4 heteroatoms. The van der Waals surface area contributed by atoms with Gasteiger partial charge in [0.1, 0.15) is 17.2 Å². The van der Waals surface area contributed by atoms with E-state index in [1.54, 1.807) is 44.6 Å². The number of rotatable bonds is 5. The molecule has 0 saturated heterocycles. The van der Waals surface area contributed by atoms with Gasteiger partial charge in [-0.1, -0.05) is 12.1 Å². The smallest absolute Gasteiger partial charge is 0.336 e. The van der Waals surface area contributed by atoms with Crippen LogP contribution in [-0.2, 0) is 4.79 Å². The topological polar surface area (TPSA) is 44.8 Å². The molecule has 108 valence electrons. The van der Waals surface area contributed by atoms with E-state index in [-0.39, 0.29) is 0 Å². The van der Waals surface area contributed by atoms with Gasteiger partial charge in [-0.3, -0.25) is 0 Å². The maximum Gasteiger partial charge on any atom is 0.336 e. The van der Waals surface area contributed by atoms with E-state index in [9.17, 15) is 4.79 Å². The second kappa shape index (κ2) is 7.14. The standard InChI is InChI=1S/C17H16O4/c1-19-14-7-9-15(10-8-14)21-17(18)11-6-13-4-3-5-16(12-13)20-2/h3-12H,1-2H3/b11-6+. The minimum atomic E-state index is -0.442. The lowest BCUT2D eigenvalue weighted by Gasteiger charge is -2.03. The van der Waals surface area contributed by atoms with Gasteiger partial charge in [0, 0.05) is 6.08 Å². The normalized spacial score (nSPS) is 10.4. The molecular formula is C17H16O4. The highest BCUT2D eigenvalue weighted by Gasteiger charge is 2.01. The third kappa shape index (κ3) is 4.38. The summed E-state index contributed by atoms with van der Waals surface area (Å²) in [7, 11) is 3.18. The summed E-state index contributed by atoms with van der Waals surface area (Å²) >= 11 is 0. The van der Waals surface area contributed by atoms with E-state index >= 15 is 0 Å². The van der Waals surface area contributed by atoms with E-state index in [0.29, 0.717) is 11.5 Å². The average Bonchev–Trinajstić information content (AvgIpc) is 2.54. The van der Waals surface area contributed by atoms with Gasteiger partial charge in [0.25, 0.3) is 0 Å². The van der Waals surface area contributed by atoms with Crippen molar-refractivity contribution in [3.63, 3.8) is 0 Å². The molecule has 2 aromatic carbocycles. The Morgan fingerprint density at radius 3 is 2.24 bits per heavy atom. The molecule has 0 saturated carbocycles. The Bertz CT molecular complexity index is 629. The van der Waals surface area contributed by atoms with E-state index in [2.05, 4.69) is 0 Å². The van der Waals surface area contributed by atoms with Crippen molar-refractivity contribution in [2.75, 3.05) is 14.2 Å². The van der Waals surface area contributed by atoms with Crippen LogP contribution in [0.3, 0.4) is 0 Å². The van der Waals surface area contributed by atoms with Crippen molar-refractivity contribution in [3.05, 3.63) is 60.2 Å². The van der Waals surface area contributed by atoms with Crippen LogP contribution in [0, 0.1) is 0 Å². The first-order valence-electron chi connectivity index (χ1n) is 6.39. The number of carbonyl (C=O) groups is 1. The van der Waals surface area contributed by atoms with Gasteiger partial charge >= 0.3 is 5.97 Å². The largest absolute Gasteiger partial charge is 0.497 e. The first-order chi connectivity index (χ1) is 10.2. The minimum Gasteiger partial charge on any atom is -0.497 e. The molecule has 0 aliphatic carbocycles. The van der Waals surface area contributed by atoms with E-state index < -0.39 is 5.97 Å². The predicted molar refractivity (Wildman–Crippen MR) is 80.7 cm³/mol. The summed E-state index contributed by atoms with van der Waals surface area (Å²) in [5, 5.41) is 0. The SMILES string of the molecule is COc1ccc(OC(=O)/C=C/c2cccc(OC)c2)cc1. The number of benzene rings is 2. The van der Waals surface area contributed by atoms with Crippen LogP contribution in [-0.4, -0.2) is 20.2 Å². The molecular weight excluding hydrogens is 268 g/mol. The van der Waals surface area contributed by atoms with Gasteiger partial charge in [-0.05, 0) is 48.0 Å². The molecule has 0 unspecified atom stereocenters. The highest BCUT2D eigenvalue weighted by Crippen LogP contribution is 2.17. The molecule has 0 fully saturated rings. The van der Waals surface area contributed by atoms with E-state index in [1.807, 2.05) is 24.3 Å². The monoisotopic (exact) mass is 284 g/mol. The fourth-order valence-corrected chi connectivity index (χ4v) is 1.70. The maximum absolute atomic E-state index is 11.7. The molecule has 21 heavy (non-hydrogen) atoms. The molecule has 2 aromatic rings. The Morgan fingerprint density at radius 2 is 1.57 bits per heavy atom. The molecule has 0 amide bonds. The maximum atomic E-state index is 11.7. The lowest BCUT2D eigenvalue weighted by Crippen LogP contribution is -2.03. The molecule has 2 rings (SSSR count). The van der Waals surface area contributed by atoms with Crippen molar-refractivity contribution >= 4 is 12.0 Å². The Hall–Kier alpha value is -2.75. The van der Waals surface area contributed by atoms with Crippen LogP contribution < -0.4 is 14.2 Å². The van der Waals surface area contributed by atoms with Gasteiger partial charge in [0.2, 0.25) is 0 Å². The van der Waals surface area contributed by atoms with Crippen molar-refractivity contribution in [3.8, 4) is 17.2 Å². The first kappa shape index (κ1) is 14.7. The summed E-state index contributed by atoms with van der Waals surface area (Å²) in [5.74, 6) is 1.47. The third-order valence-corrected chi connectivity index (χ3v) is 2.78.